The zero-order valence-electron chi connectivity index (χ0n) is 10.9. The van der Waals surface area contributed by atoms with E-state index in [0.29, 0.717) is 10.6 Å². The number of hydrogen-bond acceptors (Lipinski definition) is 3. The van der Waals surface area contributed by atoms with E-state index in [2.05, 4.69) is 5.32 Å². The highest BCUT2D eigenvalue weighted by atomic mass is 35.5. The van der Waals surface area contributed by atoms with Crippen LogP contribution < -0.4 is 10.5 Å². The van der Waals surface area contributed by atoms with E-state index in [0.717, 1.165) is 0 Å². The van der Waals surface area contributed by atoms with Crippen LogP contribution in [0.25, 0.3) is 0 Å². The summed E-state index contributed by atoms with van der Waals surface area (Å²) in [6.07, 6.45) is 0.0403. The van der Waals surface area contributed by atoms with Crippen molar-refractivity contribution in [2.75, 3.05) is 5.32 Å². The smallest absolute Gasteiger partial charge is 0.240 e. The zero-order valence-corrected chi connectivity index (χ0v) is 12.5. The standard InChI is InChI=1S/C14H13ClN2O3S/c15-11-6-2-1-5-10(11)9-14(18)17-12-7-3-4-8-13(12)21(16,19)20/h1-8H,9H2,(H,17,18)(H2,16,19,20). The van der Waals surface area contributed by atoms with Gasteiger partial charge in [0.1, 0.15) is 4.90 Å². The zero-order chi connectivity index (χ0) is 15.5. The van der Waals surface area contributed by atoms with Gasteiger partial charge in [0.2, 0.25) is 15.9 Å². The third-order valence-corrected chi connectivity index (χ3v) is 4.11. The second-order valence-corrected chi connectivity index (χ2v) is 6.29. The lowest BCUT2D eigenvalue weighted by Gasteiger charge is -2.10. The molecule has 2 rings (SSSR count). The number of amides is 1. The highest BCUT2D eigenvalue weighted by molar-refractivity contribution is 7.89. The number of benzene rings is 2. The predicted octanol–water partition coefficient (Wildman–Crippen LogP) is 2.17. The third kappa shape index (κ3) is 4.04. The van der Waals surface area contributed by atoms with E-state index >= 15 is 0 Å². The van der Waals surface area contributed by atoms with Crippen molar-refractivity contribution in [1.29, 1.82) is 0 Å². The largest absolute Gasteiger partial charge is 0.325 e. The van der Waals surface area contributed by atoms with Crippen LogP contribution >= 0.6 is 11.6 Å². The van der Waals surface area contributed by atoms with E-state index in [4.69, 9.17) is 16.7 Å². The van der Waals surface area contributed by atoms with Crippen molar-refractivity contribution in [2.45, 2.75) is 11.3 Å². The van der Waals surface area contributed by atoms with Gasteiger partial charge in [-0.15, -0.1) is 0 Å². The van der Waals surface area contributed by atoms with Gasteiger partial charge >= 0.3 is 0 Å². The van der Waals surface area contributed by atoms with E-state index in [1.54, 1.807) is 30.3 Å². The first-order valence-electron chi connectivity index (χ1n) is 6.03. The summed E-state index contributed by atoms with van der Waals surface area (Å²) in [6.45, 7) is 0. The van der Waals surface area contributed by atoms with Gasteiger partial charge in [0, 0.05) is 5.02 Å². The van der Waals surface area contributed by atoms with Crippen LogP contribution in [0.1, 0.15) is 5.56 Å². The Kier molecular flexibility index (Phi) is 4.62. The molecule has 0 fully saturated rings. The number of nitrogens with one attached hydrogen (secondary N) is 1. The highest BCUT2D eigenvalue weighted by Gasteiger charge is 2.15. The highest BCUT2D eigenvalue weighted by Crippen LogP contribution is 2.20. The van der Waals surface area contributed by atoms with Crippen molar-refractivity contribution in [1.82, 2.24) is 0 Å². The molecule has 0 aliphatic carbocycles. The lowest BCUT2D eigenvalue weighted by molar-refractivity contribution is -0.115. The molecule has 0 bridgehead atoms. The molecule has 0 saturated carbocycles. The molecule has 0 atom stereocenters. The summed E-state index contributed by atoms with van der Waals surface area (Å²) in [5, 5.41) is 8.12. The predicted molar refractivity (Wildman–Crippen MR) is 81.6 cm³/mol. The van der Waals surface area contributed by atoms with Crippen LogP contribution in [0.2, 0.25) is 5.02 Å². The fraction of sp³-hybridized carbons (Fsp3) is 0.0714. The van der Waals surface area contributed by atoms with Crippen molar-refractivity contribution in [3.8, 4) is 0 Å². The number of para-hydroxylation sites is 1. The first-order valence-corrected chi connectivity index (χ1v) is 7.95. The van der Waals surface area contributed by atoms with E-state index in [1.807, 2.05) is 0 Å². The SMILES string of the molecule is NS(=O)(=O)c1ccccc1NC(=O)Cc1ccccc1Cl. The number of sulfonamides is 1. The van der Waals surface area contributed by atoms with Gasteiger partial charge in [-0.1, -0.05) is 41.9 Å². The minimum atomic E-state index is -3.90. The molecule has 110 valence electrons. The van der Waals surface area contributed by atoms with Crippen LogP contribution in [0.15, 0.2) is 53.4 Å². The molecule has 1 amide bonds. The van der Waals surface area contributed by atoms with Crippen molar-refractivity contribution in [3.05, 3.63) is 59.1 Å². The van der Waals surface area contributed by atoms with E-state index in [9.17, 15) is 13.2 Å². The van der Waals surface area contributed by atoms with Crippen LogP contribution in [0.4, 0.5) is 5.69 Å². The molecule has 3 N–H and O–H groups in total. The maximum Gasteiger partial charge on any atom is 0.240 e. The molecule has 0 aliphatic rings. The quantitative estimate of drug-likeness (QED) is 0.903. The number of carbonyl (C=O) groups excluding carboxylic acids is 1. The topological polar surface area (TPSA) is 89.3 Å². The Morgan fingerprint density at radius 2 is 1.71 bits per heavy atom. The fourth-order valence-electron chi connectivity index (χ4n) is 1.83. The minimum absolute atomic E-state index is 0.0403. The van der Waals surface area contributed by atoms with Gasteiger partial charge in [-0.3, -0.25) is 4.79 Å². The number of halogens is 1. The van der Waals surface area contributed by atoms with Crippen molar-refractivity contribution in [2.24, 2.45) is 5.14 Å². The Bertz CT molecular complexity index is 775. The van der Waals surface area contributed by atoms with Gasteiger partial charge in [0.05, 0.1) is 12.1 Å². The second-order valence-electron chi connectivity index (χ2n) is 4.36. The fourth-order valence-corrected chi connectivity index (χ4v) is 2.72. The van der Waals surface area contributed by atoms with Gasteiger partial charge < -0.3 is 5.32 Å². The van der Waals surface area contributed by atoms with Crippen molar-refractivity contribution in [3.63, 3.8) is 0 Å². The minimum Gasteiger partial charge on any atom is -0.325 e. The molecular formula is C14H13ClN2O3S. The molecule has 0 saturated heterocycles. The number of nitrogens with two attached hydrogens (primary N) is 1. The van der Waals surface area contributed by atoms with Crippen LogP contribution in [-0.2, 0) is 21.2 Å². The first-order chi connectivity index (χ1) is 9.88. The average molecular weight is 325 g/mol. The van der Waals surface area contributed by atoms with Gasteiger partial charge in [-0.2, -0.15) is 0 Å². The number of rotatable bonds is 4. The van der Waals surface area contributed by atoms with Gasteiger partial charge in [0.15, 0.2) is 0 Å². The van der Waals surface area contributed by atoms with E-state index in [-0.39, 0.29) is 22.9 Å². The molecule has 2 aromatic carbocycles. The maximum atomic E-state index is 12.0. The molecule has 0 aromatic heterocycles. The maximum absolute atomic E-state index is 12.0. The lowest BCUT2D eigenvalue weighted by atomic mass is 10.1. The number of primary sulfonamides is 1. The molecule has 21 heavy (non-hydrogen) atoms. The first kappa shape index (κ1) is 15.5. The van der Waals surface area contributed by atoms with Gasteiger partial charge in [0.25, 0.3) is 0 Å². The number of anilines is 1. The second kappa shape index (κ2) is 6.26. The van der Waals surface area contributed by atoms with Gasteiger partial charge in [-0.05, 0) is 23.8 Å². The van der Waals surface area contributed by atoms with E-state index in [1.165, 1.54) is 18.2 Å². The summed E-state index contributed by atoms with van der Waals surface area (Å²) < 4.78 is 22.9. The molecule has 7 heteroatoms. The van der Waals surface area contributed by atoms with Crippen LogP contribution in [-0.4, -0.2) is 14.3 Å². The lowest BCUT2D eigenvalue weighted by Crippen LogP contribution is -2.19. The van der Waals surface area contributed by atoms with Crippen molar-refractivity contribution >= 4 is 33.2 Å². The molecule has 5 nitrogen and oxygen atoms in total. The molecule has 0 unspecified atom stereocenters. The molecule has 0 heterocycles. The Labute approximate surface area is 127 Å². The van der Waals surface area contributed by atoms with Crippen LogP contribution in [0, 0.1) is 0 Å². The summed E-state index contributed by atoms with van der Waals surface area (Å²) >= 11 is 5.98. The third-order valence-electron chi connectivity index (χ3n) is 2.78. The monoisotopic (exact) mass is 324 g/mol. The Hall–Kier alpha value is -1.89. The molecule has 0 radical (unpaired) electrons. The Balaban J connectivity index is 2.20. The average Bonchev–Trinajstić information content (AvgIpc) is 2.41. The molecule has 0 aliphatic heterocycles. The van der Waals surface area contributed by atoms with E-state index < -0.39 is 10.0 Å². The van der Waals surface area contributed by atoms with Crippen LogP contribution in [0.3, 0.4) is 0 Å². The number of hydrogen-bond donors (Lipinski definition) is 2. The van der Waals surface area contributed by atoms with Crippen molar-refractivity contribution < 1.29 is 13.2 Å². The normalized spacial score (nSPS) is 11.1. The summed E-state index contributed by atoms with van der Waals surface area (Å²) in [7, 11) is -3.90. The van der Waals surface area contributed by atoms with Gasteiger partial charge in [-0.25, -0.2) is 13.6 Å². The summed E-state index contributed by atoms with van der Waals surface area (Å²) in [5.41, 5.74) is 0.807. The molecular weight excluding hydrogens is 312 g/mol. The Morgan fingerprint density at radius 3 is 2.38 bits per heavy atom. The summed E-state index contributed by atoms with van der Waals surface area (Å²) in [4.78, 5) is 11.9. The summed E-state index contributed by atoms with van der Waals surface area (Å²) in [6, 6.07) is 12.9. The Morgan fingerprint density at radius 1 is 1.10 bits per heavy atom. The summed E-state index contributed by atoms with van der Waals surface area (Å²) in [5.74, 6) is -0.376. The van der Waals surface area contributed by atoms with Crippen LogP contribution in [0.5, 0.6) is 0 Å². The molecule has 2 aromatic rings. The molecule has 0 spiro atoms. The number of carbonyl (C=O) groups is 1.